The molecule has 0 amide bonds. The van der Waals surface area contributed by atoms with Gasteiger partial charge in [0.15, 0.2) is 0 Å². The highest BCUT2D eigenvalue weighted by molar-refractivity contribution is 6.15. The van der Waals surface area contributed by atoms with E-state index in [0.717, 1.165) is 0 Å². The summed E-state index contributed by atoms with van der Waals surface area (Å²) in [5.74, 6) is 1.34. The molecule has 0 nitrogen and oxygen atoms in total. The first kappa shape index (κ1) is 19.1. The molecule has 0 aliphatic heterocycles. The van der Waals surface area contributed by atoms with Gasteiger partial charge >= 0.3 is 0 Å². The largest absolute Gasteiger partial charge is 0.0750 e. The normalized spacial score (nSPS) is 35.0. The van der Waals surface area contributed by atoms with Gasteiger partial charge in [0.25, 0.3) is 0 Å². The Kier molecular flexibility index (Phi) is 7.86. The SMILES string of the molecule is [B]C1(C(C)C(C)C)CCCCCC(C)(CC)CCCCC1. The molecule has 1 heteroatoms. The van der Waals surface area contributed by atoms with Gasteiger partial charge in [-0.05, 0) is 30.1 Å². The van der Waals surface area contributed by atoms with Crippen LogP contribution in [0.1, 0.15) is 105 Å². The predicted octanol–water partition coefficient (Wildman–Crippen LogP) is 6.94. The molecule has 0 aromatic heterocycles. The molecule has 0 aromatic rings. The first-order valence-electron chi connectivity index (χ1n) is 9.62. The van der Waals surface area contributed by atoms with Gasteiger partial charge in [0.2, 0.25) is 0 Å². The van der Waals surface area contributed by atoms with Crippen molar-refractivity contribution in [2.45, 2.75) is 111 Å². The molecule has 1 saturated carbocycles. The number of rotatable bonds is 3. The topological polar surface area (TPSA) is 0 Å². The summed E-state index contributed by atoms with van der Waals surface area (Å²) in [6.07, 6.45) is 14.8. The van der Waals surface area contributed by atoms with Crippen molar-refractivity contribution in [3.8, 4) is 0 Å². The fourth-order valence-corrected chi connectivity index (χ4v) is 4.09. The van der Waals surface area contributed by atoms with Crippen LogP contribution in [0.5, 0.6) is 0 Å². The van der Waals surface area contributed by atoms with Crippen molar-refractivity contribution in [2.75, 3.05) is 0 Å². The Hall–Kier alpha value is 0.0649. The van der Waals surface area contributed by atoms with Crippen molar-refractivity contribution < 1.29 is 0 Å². The lowest BCUT2D eigenvalue weighted by molar-refractivity contribution is 0.220. The fraction of sp³-hybridized carbons (Fsp3) is 1.00. The fourth-order valence-electron chi connectivity index (χ4n) is 4.09. The third-order valence-corrected chi connectivity index (χ3v) is 6.61. The molecule has 1 unspecified atom stereocenters. The van der Waals surface area contributed by atoms with E-state index < -0.39 is 0 Å². The second-order valence-electron chi connectivity index (χ2n) is 8.55. The highest BCUT2D eigenvalue weighted by Crippen LogP contribution is 2.47. The van der Waals surface area contributed by atoms with Crippen LogP contribution in [0, 0.1) is 17.3 Å². The van der Waals surface area contributed by atoms with Crippen molar-refractivity contribution in [2.24, 2.45) is 17.3 Å². The maximum Gasteiger partial charge on any atom is 0.0750 e. The first-order chi connectivity index (χ1) is 9.83. The molecule has 0 spiro atoms. The van der Waals surface area contributed by atoms with Crippen LogP contribution in [0.3, 0.4) is 0 Å². The van der Waals surface area contributed by atoms with Crippen LogP contribution in [0.15, 0.2) is 0 Å². The molecule has 0 heterocycles. The van der Waals surface area contributed by atoms with Crippen molar-refractivity contribution in [3.05, 3.63) is 0 Å². The van der Waals surface area contributed by atoms with E-state index in [1.54, 1.807) is 0 Å². The maximum atomic E-state index is 6.86. The molecule has 0 aromatic carbocycles. The predicted molar refractivity (Wildman–Crippen MR) is 97.0 cm³/mol. The summed E-state index contributed by atoms with van der Waals surface area (Å²) in [4.78, 5) is 0. The molecule has 1 atom stereocenters. The van der Waals surface area contributed by atoms with Crippen LogP contribution in [0.2, 0.25) is 5.31 Å². The number of hydrogen-bond acceptors (Lipinski definition) is 0. The minimum absolute atomic E-state index is 0.0847. The average Bonchev–Trinajstić information content (AvgIpc) is 2.44. The zero-order valence-corrected chi connectivity index (χ0v) is 15.5. The van der Waals surface area contributed by atoms with Gasteiger partial charge in [-0.15, -0.1) is 0 Å². The highest BCUT2D eigenvalue weighted by atomic mass is 14.3. The Morgan fingerprint density at radius 2 is 1.24 bits per heavy atom. The van der Waals surface area contributed by atoms with Gasteiger partial charge < -0.3 is 0 Å². The standard InChI is InChI=1S/C20H39B/c1-6-19(5)13-9-7-11-15-20(21,18(4)17(2)3)16-12-8-10-14-19/h17-18H,6-16H2,1-5H3. The van der Waals surface area contributed by atoms with E-state index in [9.17, 15) is 0 Å². The van der Waals surface area contributed by atoms with Gasteiger partial charge in [-0.25, -0.2) is 0 Å². The third kappa shape index (κ3) is 5.99. The molecule has 122 valence electrons. The zero-order valence-electron chi connectivity index (χ0n) is 15.5. The lowest BCUT2D eigenvalue weighted by Crippen LogP contribution is -2.26. The Labute approximate surface area is 136 Å². The minimum atomic E-state index is 0.0847. The molecule has 1 fully saturated rings. The van der Waals surface area contributed by atoms with E-state index in [-0.39, 0.29) is 5.31 Å². The molecule has 2 radical (unpaired) electrons. The van der Waals surface area contributed by atoms with Crippen molar-refractivity contribution in [3.63, 3.8) is 0 Å². The molecule has 0 saturated heterocycles. The zero-order chi connectivity index (χ0) is 15.9. The third-order valence-electron chi connectivity index (χ3n) is 6.61. The molecule has 1 aliphatic rings. The minimum Gasteiger partial charge on any atom is -0.0649 e. The van der Waals surface area contributed by atoms with Gasteiger partial charge in [-0.3, -0.25) is 0 Å². The first-order valence-corrected chi connectivity index (χ1v) is 9.62. The van der Waals surface area contributed by atoms with Crippen LogP contribution >= 0.6 is 0 Å². The van der Waals surface area contributed by atoms with E-state index in [1.165, 1.54) is 70.6 Å². The van der Waals surface area contributed by atoms with Crippen LogP contribution in [0.4, 0.5) is 0 Å². The van der Waals surface area contributed by atoms with Gasteiger partial charge in [0.05, 0.1) is 7.85 Å². The van der Waals surface area contributed by atoms with Crippen LogP contribution in [-0.4, -0.2) is 7.85 Å². The summed E-state index contributed by atoms with van der Waals surface area (Å²) in [6, 6.07) is 0. The summed E-state index contributed by atoms with van der Waals surface area (Å²) in [5.41, 5.74) is 0.601. The van der Waals surface area contributed by atoms with Gasteiger partial charge in [0, 0.05) is 0 Å². The van der Waals surface area contributed by atoms with E-state index in [0.29, 0.717) is 17.3 Å². The Morgan fingerprint density at radius 3 is 1.62 bits per heavy atom. The van der Waals surface area contributed by atoms with Gasteiger partial charge in [-0.2, -0.15) is 0 Å². The van der Waals surface area contributed by atoms with Crippen LogP contribution in [0.25, 0.3) is 0 Å². The van der Waals surface area contributed by atoms with E-state index >= 15 is 0 Å². The average molecular weight is 290 g/mol. The molecule has 21 heavy (non-hydrogen) atoms. The van der Waals surface area contributed by atoms with Crippen molar-refractivity contribution in [1.29, 1.82) is 0 Å². The van der Waals surface area contributed by atoms with Crippen molar-refractivity contribution >= 4 is 7.85 Å². The summed E-state index contributed by atoms with van der Waals surface area (Å²) in [6.45, 7) is 11.9. The quantitative estimate of drug-likeness (QED) is 0.494. The van der Waals surface area contributed by atoms with Crippen LogP contribution in [-0.2, 0) is 0 Å². The Morgan fingerprint density at radius 1 is 0.810 bits per heavy atom. The van der Waals surface area contributed by atoms with Crippen LogP contribution < -0.4 is 0 Å². The maximum absolute atomic E-state index is 6.86. The van der Waals surface area contributed by atoms with E-state index in [1.807, 2.05) is 0 Å². The van der Waals surface area contributed by atoms with E-state index in [2.05, 4.69) is 34.6 Å². The van der Waals surface area contributed by atoms with E-state index in [4.69, 9.17) is 7.85 Å². The molecule has 1 aliphatic carbocycles. The summed E-state index contributed by atoms with van der Waals surface area (Å²) < 4.78 is 0. The molecular weight excluding hydrogens is 251 g/mol. The lowest BCUT2D eigenvalue weighted by atomic mass is 9.53. The lowest BCUT2D eigenvalue weighted by Gasteiger charge is -2.40. The molecule has 0 N–H and O–H groups in total. The monoisotopic (exact) mass is 290 g/mol. The Balaban J connectivity index is 2.62. The van der Waals surface area contributed by atoms with Gasteiger partial charge in [0.1, 0.15) is 0 Å². The number of hydrogen-bond donors (Lipinski definition) is 0. The Bertz CT molecular complexity index is 268. The molecule has 1 rings (SSSR count). The highest BCUT2D eigenvalue weighted by Gasteiger charge is 2.31. The molecular formula is C20H39B. The summed E-state index contributed by atoms with van der Waals surface area (Å²) in [7, 11) is 6.86. The van der Waals surface area contributed by atoms with Gasteiger partial charge in [-0.1, -0.05) is 97.7 Å². The second-order valence-corrected chi connectivity index (χ2v) is 8.55. The summed E-state index contributed by atoms with van der Waals surface area (Å²) >= 11 is 0. The second kappa shape index (κ2) is 8.63. The summed E-state index contributed by atoms with van der Waals surface area (Å²) in [5, 5.41) is 0.0847. The smallest absolute Gasteiger partial charge is 0.0649 e. The molecule has 0 bridgehead atoms. The van der Waals surface area contributed by atoms with Crippen molar-refractivity contribution in [1.82, 2.24) is 0 Å².